The molecule has 0 N–H and O–H groups in total. The Morgan fingerprint density at radius 3 is 2.52 bits per heavy atom. The van der Waals surface area contributed by atoms with Gasteiger partial charge in [0.05, 0.1) is 10.8 Å². The average molecular weight is 328 g/mol. The van der Waals surface area contributed by atoms with Gasteiger partial charge in [0, 0.05) is 5.56 Å². The summed E-state index contributed by atoms with van der Waals surface area (Å²) in [6.45, 7) is 1.77. The fourth-order valence-corrected chi connectivity index (χ4v) is 2.80. The predicted molar refractivity (Wildman–Crippen MR) is 85.8 cm³/mol. The summed E-state index contributed by atoms with van der Waals surface area (Å²) < 4.78 is 19.2. The molecule has 0 aliphatic heterocycles. The van der Waals surface area contributed by atoms with Crippen molar-refractivity contribution in [2.24, 2.45) is 0 Å². The summed E-state index contributed by atoms with van der Waals surface area (Å²) in [6.07, 6.45) is 0. The third kappa shape index (κ3) is 3.48. The molecule has 0 unspecified atom stereocenters. The molecule has 0 saturated heterocycles. The summed E-state index contributed by atoms with van der Waals surface area (Å²) >= 11 is 1.16. The number of aromatic nitrogens is 2. The molecule has 1 heterocycles. The van der Waals surface area contributed by atoms with Crippen molar-refractivity contribution in [1.29, 1.82) is 0 Å². The number of rotatable bonds is 5. The Morgan fingerprint density at radius 2 is 1.78 bits per heavy atom. The number of carbonyl (C=O) groups excluding carboxylic acids is 1. The number of carbonyl (C=O) groups is 1. The lowest BCUT2D eigenvalue weighted by Crippen LogP contribution is -2.13. The molecule has 0 aliphatic carbocycles. The van der Waals surface area contributed by atoms with Crippen molar-refractivity contribution in [3.05, 3.63) is 66.0 Å². The van der Waals surface area contributed by atoms with Gasteiger partial charge in [0.1, 0.15) is 5.82 Å². The van der Waals surface area contributed by atoms with Crippen LogP contribution >= 0.6 is 11.8 Å². The highest BCUT2D eigenvalue weighted by molar-refractivity contribution is 8.00. The first-order chi connectivity index (χ1) is 11.1. The third-order valence-corrected chi connectivity index (χ3v) is 4.15. The smallest absolute Gasteiger partial charge is 0.277 e. The van der Waals surface area contributed by atoms with Crippen molar-refractivity contribution in [3.8, 4) is 11.5 Å². The SMILES string of the molecule is C[C@H](Sc1nnc(-c2ccccc2F)o1)C(=O)c1ccccc1. The zero-order chi connectivity index (χ0) is 16.2. The van der Waals surface area contributed by atoms with Crippen molar-refractivity contribution in [1.82, 2.24) is 10.2 Å². The lowest BCUT2D eigenvalue weighted by molar-refractivity contribution is 0.0993. The van der Waals surface area contributed by atoms with E-state index < -0.39 is 5.82 Å². The summed E-state index contributed by atoms with van der Waals surface area (Å²) in [5.74, 6) is -0.354. The van der Waals surface area contributed by atoms with Crippen molar-refractivity contribution in [3.63, 3.8) is 0 Å². The minimum Gasteiger partial charge on any atom is -0.411 e. The molecule has 1 atom stereocenters. The standard InChI is InChI=1S/C17H13FN2O2S/c1-11(15(21)12-7-3-2-4-8-12)23-17-20-19-16(22-17)13-9-5-6-10-14(13)18/h2-11H,1H3/t11-/m0/s1. The molecule has 0 bridgehead atoms. The largest absolute Gasteiger partial charge is 0.411 e. The van der Waals surface area contributed by atoms with E-state index in [2.05, 4.69) is 10.2 Å². The van der Waals surface area contributed by atoms with Gasteiger partial charge in [0.2, 0.25) is 0 Å². The quantitative estimate of drug-likeness (QED) is 0.518. The molecule has 0 radical (unpaired) electrons. The van der Waals surface area contributed by atoms with Gasteiger partial charge < -0.3 is 4.42 Å². The third-order valence-electron chi connectivity index (χ3n) is 3.22. The molecule has 0 spiro atoms. The maximum absolute atomic E-state index is 13.7. The summed E-state index contributed by atoms with van der Waals surface area (Å²) in [7, 11) is 0. The van der Waals surface area contributed by atoms with Crippen LogP contribution in [0, 0.1) is 5.82 Å². The lowest BCUT2D eigenvalue weighted by Gasteiger charge is -2.06. The topological polar surface area (TPSA) is 56.0 Å². The van der Waals surface area contributed by atoms with Gasteiger partial charge in [-0.3, -0.25) is 4.79 Å². The first kappa shape index (κ1) is 15.4. The molecule has 0 aliphatic rings. The fraction of sp³-hybridized carbons (Fsp3) is 0.118. The highest BCUT2D eigenvalue weighted by Gasteiger charge is 2.20. The van der Waals surface area contributed by atoms with E-state index in [1.165, 1.54) is 6.07 Å². The van der Waals surface area contributed by atoms with E-state index >= 15 is 0 Å². The summed E-state index contributed by atoms with van der Waals surface area (Å²) in [4.78, 5) is 12.3. The predicted octanol–water partition coefficient (Wildman–Crippen LogP) is 4.24. The average Bonchev–Trinajstić information content (AvgIpc) is 3.03. The molecule has 4 nitrogen and oxygen atoms in total. The van der Waals surface area contributed by atoms with Crippen LogP contribution in [0.2, 0.25) is 0 Å². The summed E-state index contributed by atoms with van der Waals surface area (Å²) in [5.41, 5.74) is 0.871. The molecule has 6 heteroatoms. The summed E-state index contributed by atoms with van der Waals surface area (Å²) in [6, 6.07) is 15.2. The van der Waals surface area contributed by atoms with Crippen LogP contribution in [0.15, 0.2) is 64.2 Å². The van der Waals surface area contributed by atoms with Gasteiger partial charge in [0.25, 0.3) is 11.1 Å². The molecule has 116 valence electrons. The maximum Gasteiger partial charge on any atom is 0.277 e. The number of benzene rings is 2. The second kappa shape index (κ2) is 6.75. The number of hydrogen-bond acceptors (Lipinski definition) is 5. The van der Waals surface area contributed by atoms with Crippen LogP contribution in [0.4, 0.5) is 4.39 Å². The number of thioether (sulfide) groups is 1. The zero-order valence-electron chi connectivity index (χ0n) is 12.3. The minimum atomic E-state index is -0.430. The molecule has 0 fully saturated rings. The van der Waals surface area contributed by atoms with Gasteiger partial charge >= 0.3 is 0 Å². The van der Waals surface area contributed by atoms with E-state index in [0.717, 1.165) is 11.8 Å². The van der Waals surface area contributed by atoms with Crippen LogP contribution in [0.3, 0.4) is 0 Å². The Balaban J connectivity index is 1.74. The number of nitrogens with zero attached hydrogens (tertiary/aromatic N) is 2. The van der Waals surface area contributed by atoms with Crippen LogP contribution in [-0.2, 0) is 0 Å². The van der Waals surface area contributed by atoms with Crippen LogP contribution in [0.1, 0.15) is 17.3 Å². The Bertz CT molecular complexity index is 820. The van der Waals surface area contributed by atoms with Gasteiger partial charge in [-0.25, -0.2) is 4.39 Å². The maximum atomic E-state index is 13.7. The van der Waals surface area contributed by atoms with Crippen molar-refractivity contribution < 1.29 is 13.6 Å². The van der Waals surface area contributed by atoms with Gasteiger partial charge in [0.15, 0.2) is 5.78 Å². The first-order valence-electron chi connectivity index (χ1n) is 6.99. The highest BCUT2D eigenvalue weighted by atomic mass is 32.2. The van der Waals surface area contributed by atoms with E-state index in [4.69, 9.17) is 4.42 Å². The molecular weight excluding hydrogens is 315 g/mol. The Morgan fingerprint density at radius 1 is 1.09 bits per heavy atom. The van der Waals surface area contributed by atoms with E-state index in [-0.39, 0.29) is 27.7 Å². The number of hydrogen-bond donors (Lipinski definition) is 0. The normalized spacial score (nSPS) is 12.1. The van der Waals surface area contributed by atoms with E-state index in [1.807, 2.05) is 18.2 Å². The molecule has 3 rings (SSSR count). The van der Waals surface area contributed by atoms with Crippen LogP contribution in [0.25, 0.3) is 11.5 Å². The van der Waals surface area contributed by atoms with Gasteiger partial charge in [-0.2, -0.15) is 0 Å². The van der Waals surface area contributed by atoms with Gasteiger partial charge in [-0.1, -0.05) is 54.2 Å². The number of ketones is 1. The first-order valence-corrected chi connectivity index (χ1v) is 7.87. The molecule has 2 aromatic carbocycles. The minimum absolute atomic E-state index is 0.0266. The second-order valence-corrected chi connectivity index (χ2v) is 6.14. The second-order valence-electron chi connectivity index (χ2n) is 4.84. The monoisotopic (exact) mass is 328 g/mol. The Kier molecular flexibility index (Phi) is 4.52. The molecule has 1 aromatic heterocycles. The fourth-order valence-electron chi connectivity index (χ4n) is 2.04. The molecule has 0 saturated carbocycles. The highest BCUT2D eigenvalue weighted by Crippen LogP contribution is 2.28. The van der Waals surface area contributed by atoms with Crippen molar-refractivity contribution in [2.75, 3.05) is 0 Å². The number of halogens is 1. The Labute approximate surface area is 136 Å². The van der Waals surface area contributed by atoms with Crippen LogP contribution < -0.4 is 0 Å². The molecule has 3 aromatic rings. The van der Waals surface area contributed by atoms with E-state index in [9.17, 15) is 9.18 Å². The van der Waals surface area contributed by atoms with Crippen LogP contribution in [-0.4, -0.2) is 21.2 Å². The molecule has 23 heavy (non-hydrogen) atoms. The Hall–Kier alpha value is -2.47. The molecule has 0 amide bonds. The van der Waals surface area contributed by atoms with Crippen molar-refractivity contribution in [2.45, 2.75) is 17.4 Å². The van der Waals surface area contributed by atoms with E-state index in [0.29, 0.717) is 5.56 Å². The number of Topliss-reactive ketones (excluding diaryl/α,β-unsaturated/α-hetero) is 1. The summed E-state index contributed by atoms with van der Waals surface area (Å²) in [5, 5.41) is 7.57. The van der Waals surface area contributed by atoms with Gasteiger partial charge in [-0.05, 0) is 19.1 Å². The van der Waals surface area contributed by atoms with Crippen LogP contribution in [0.5, 0.6) is 0 Å². The molecular formula is C17H13FN2O2S. The lowest BCUT2D eigenvalue weighted by atomic mass is 10.1. The van der Waals surface area contributed by atoms with E-state index in [1.54, 1.807) is 37.3 Å². The zero-order valence-corrected chi connectivity index (χ0v) is 13.1. The van der Waals surface area contributed by atoms with Crippen molar-refractivity contribution >= 4 is 17.5 Å². The van der Waals surface area contributed by atoms with Gasteiger partial charge in [-0.15, -0.1) is 10.2 Å².